The molecule has 1 aromatic carbocycles. The Bertz CT molecular complexity index is 647. The zero-order valence-corrected chi connectivity index (χ0v) is 12.9. The molecular formula is C17H24N4. The number of hydrogen-bond acceptors (Lipinski definition) is 3. The van der Waals surface area contributed by atoms with Gasteiger partial charge in [0.1, 0.15) is 0 Å². The molecule has 1 aromatic heterocycles. The molecule has 0 unspecified atom stereocenters. The first-order valence-electron chi connectivity index (χ1n) is 8.17. The lowest BCUT2D eigenvalue weighted by Crippen LogP contribution is -2.49. The van der Waals surface area contributed by atoms with Gasteiger partial charge in [0.05, 0.1) is 24.4 Å². The van der Waals surface area contributed by atoms with Crippen LogP contribution in [0.15, 0.2) is 24.3 Å². The summed E-state index contributed by atoms with van der Waals surface area (Å²) in [5.41, 5.74) is 2.33. The van der Waals surface area contributed by atoms with Gasteiger partial charge >= 0.3 is 0 Å². The fourth-order valence-corrected chi connectivity index (χ4v) is 4.05. The van der Waals surface area contributed by atoms with Gasteiger partial charge < -0.3 is 5.32 Å². The van der Waals surface area contributed by atoms with Crippen molar-refractivity contribution in [2.75, 3.05) is 12.0 Å². The second-order valence-electron chi connectivity index (χ2n) is 6.75. The number of nitrogens with one attached hydrogen (secondary N) is 1. The molecule has 1 fully saturated rings. The van der Waals surface area contributed by atoms with Crippen molar-refractivity contribution in [2.45, 2.75) is 45.8 Å². The van der Waals surface area contributed by atoms with Crippen LogP contribution >= 0.6 is 0 Å². The minimum atomic E-state index is 0.690. The molecule has 0 bridgehead atoms. The molecule has 2 aliphatic rings. The standard InChI is InChI=1S/C17H24N4/c1-12-6-5-9-15(13(12)2)20-10-18-17-19-14-7-3-4-8-16(14)21(17)11-20/h3-4,7-8,12-13,15H,5-6,9-11H2,1-2H3,(H,18,19)/t12-,13-,15-/m1/s1. The van der Waals surface area contributed by atoms with E-state index in [0.717, 1.165) is 36.6 Å². The molecule has 1 saturated carbocycles. The molecule has 2 heterocycles. The summed E-state index contributed by atoms with van der Waals surface area (Å²) in [7, 11) is 0. The van der Waals surface area contributed by atoms with Crippen molar-refractivity contribution < 1.29 is 0 Å². The first-order valence-corrected chi connectivity index (χ1v) is 8.17. The summed E-state index contributed by atoms with van der Waals surface area (Å²) >= 11 is 0. The van der Waals surface area contributed by atoms with E-state index in [-0.39, 0.29) is 0 Å². The molecule has 1 N–H and O–H groups in total. The largest absolute Gasteiger partial charge is 0.343 e. The van der Waals surface area contributed by atoms with Crippen molar-refractivity contribution in [1.29, 1.82) is 0 Å². The maximum absolute atomic E-state index is 4.69. The summed E-state index contributed by atoms with van der Waals surface area (Å²) in [6.45, 7) is 6.72. The number of hydrogen-bond donors (Lipinski definition) is 1. The lowest BCUT2D eigenvalue weighted by Gasteiger charge is -2.43. The maximum Gasteiger partial charge on any atom is 0.206 e. The number of fused-ring (bicyclic) bond motifs is 3. The molecule has 0 radical (unpaired) electrons. The van der Waals surface area contributed by atoms with Gasteiger partial charge in [-0.2, -0.15) is 0 Å². The van der Waals surface area contributed by atoms with Crippen LogP contribution in [-0.4, -0.2) is 27.2 Å². The molecule has 0 amide bonds. The molecule has 2 aromatic rings. The van der Waals surface area contributed by atoms with E-state index in [1.165, 1.54) is 24.8 Å². The van der Waals surface area contributed by atoms with E-state index < -0.39 is 0 Å². The van der Waals surface area contributed by atoms with Crippen molar-refractivity contribution in [2.24, 2.45) is 11.8 Å². The normalized spacial score (nSPS) is 30.1. The molecule has 0 saturated heterocycles. The van der Waals surface area contributed by atoms with Crippen LogP contribution in [0.25, 0.3) is 11.0 Å². The molecular weight excluding hydrogens is 260 g/mol. The Balaban J connectivity index is 1.64. The van der Waals surface area contributed by atoms with E-state index in [1.54, 1.807) is 0 Å². The van der Waals surface area contributed by atoms with Crippen LogP contribution < -0.4 is 5.32 Å². The summed E-state index contributed by atoms with van der Waals surface area (Å²) in [6.07, 6.45) is 4.08. The summed E-state index contributed by atoms with van der Waals surface area (Å²) in [5, 5.41) is 3.51. The van der Waals surface area contributed by atoms with Gasteiger partial charge in [0.2, 0.25) is 5.95 Å². The van der Waals surface area contributed by atoms with Crippen molar-refractivity contribution in [3.05, 3.63) is 24.3 Å². The van der Waals surface area contributed by atoms with Crippen LogP contribution in [0.1, 0.15) is 33.1 Å². The summed E-state index contributed by atoms with van der Waals surface area (Å²) in [4.78, 5) is 7.29. The fourth-order valence-electron chi connectivity index (χ4n) is 4.05. The lowest BCUT2D eigenvalue weighted by molar-refractivity contribution is 0.0584. The summed E-state index contributed by atoms with van der Waals surface area (Å²) < 4.78 is 2.32. The molecule has 21 heavy (non-hydrogen) atoms. The number of nitrogens with zero attached hydrogens (tertiary/aromatic N) is 3. The second kappa shape index (κ2) is 5.02. The number of para-hydroxylation sites is 2. The van der Waals surface area contributed by atoms with Crippen LogP contribution in [0.3, 0.4) is 0 Å². The third-order valence-corrected chi connectivity index (χ3v) is 5.55. The monoisotopic (exact) mass is 284 g/mol. The van der Waals surface area contributed by atoms with Gasteiger partial charge in [0.25, 0.3) is 0 Å². The predicted molar refractivity (Wildman–Crippen MR) is 86.0 cm³/mol. The van der Waals surface area contributed by atoms with Gasteiger partial charge in [0, 0.05) is 6.04 Å². The Labute approximate surface area is 126 Å². The fraction of sp³-hybridized carbons (Fsp3) is 0.588. The van der Waals surface area contributed by atoms with Crippen LogP contribution in [-0.2, 0) is 6.67 Å². The van der Waals surface area contributed by atoms with Crippen molar-refractivity contribution in [3.63, 3.8) is 0 Å². The van der Waals surface area contributed by atoms with Crippen molar-refractivity contribution in [3.8, 4) is 0 Å². The van der Waals surface area contributed by atoms with Crippen molar-refractivity contribution >= 4 is 17.0 Å². The van der Waals surface area contributed by atoms with Crippen molar-refractivity contribution in [1.82, 2.24) is 14.5 Å². The number of anilines is 1. The minimum absolute atomic E-state index is 0.690. The quantitative estimate of drug-likeness (QED) is 0.870. The number of aromatic nitrogens is 2. The summed E-state index contributed by atoms with van der Waals surface area (Å²) in [5.74, 6) is 2.63. The highest BCUT2D eigenvalue weighted by Gasteiger charge is 2.33. The van der Waals surface area contributed by atoms with E-state index in [9.17, 15) is 0 Å². The molecule has 1 aliphatic heterocycles. The smallest absolute Gasteiger partial charge is 0.206 e. The molecule has 112 valence electrons. The summed E-state index contributed by atoms with van der Waals surface area (Å²) in [6, 6.07) is 9.11. The number of rotatable bonds is 1. The van der Waals surface area contributed by atoms with Gasteiger partial charge in [-0.25, -0.2) is 4.98 Å². The van der Waals surface area contributed by atoms with E-state index in [2.05, 4.69) is 52.9 Å². The van der Waals surface area contributed by atoms with Gasteiger partial charge in [0.15, 0.2) is 0 Å². The number of imidazole rings is 1. The molecule has 1 aliphatic carbocycles. The van der Waals surface area contributed by atoms with Crippen LogP contribution in [0, 0.1) is 11.8 Å². The van der Waals surface area contributed by atoms with Crippen LogP contribution in [0.5, 0.6) is 0 Å². The molecule has 4 rings (SSSR count). The SMILES string of the molecule is C[C@@H]1[C@H](C)CCC[C@H]1N1CNc2nc3ccccc3n2C1. The molecule has 0 spiro atoms. The van der Waals surface area contributed by atoms with Crippen LogP contribution in [0.2, 0.25) is 0 Å². The van der Waals surface area contributed by atoms with E-state index in [1.807, 2.05) is 0 Å². The molecule has 3 atom stereocenters. The highest BCUT2D eigenvalue weighted by molar-refractivity contribution is 5.78. The highest BCUT2D eigenvalue weighted by Crippen LogP contribution is 2.34. The third-order valence-electron chi connectivity index (χ3n) is 5.55. The Hall–Kier alpha value is -1.55. The highest BCUT2D eigenvalue weighted by atomic mass is 15.4. The third kappa shape index (κ3) is 2.13. The van der Waals surface area contributed by atoms with Gasteiger partial charge in [-0.05, 0) is 30.4 Å². The zero-order valence-electron chi connectivity index (χ0n) is 12.9. The first-order chi connectivity index (χ1) is 10.2. The van der Waals surface area contributed by atoms with E-state index >= 15 is 0 Å². The Morgan fingerprint density at radius 2 is 2.05 bits per heavy atom. The van der Waals surface area contributed by atoms with Gasteiger partial charge in [-0.3, -0.25) is 9.47 Å². The van der Waals surface area contributed by atoms with Crippen LogP contribution in [0.4, 0.5) is 5.95 Å². The first kappa shape index (κ1) is 13.1. The van der Waals surface area contributed by atoms with Gasteiger partial charge in [-0.15, -0.1) is 0 Å². The molecule has 4 heteroatoms. The second-order valence-corrected chi connectivity index (χ2v) is 6.75. The number of benzene rings is 1. The van der Waals surface area contributed by atoms with Gasteiger partial charge in [-0.1, -0.05) is 38.8 Å². The minimum Gasteiger partial charge on any atom is -0.343 e. The average Bonchev–Trinajstić information content (AvgIpc) is 2.88. The molecule has 4 nitrogen and oxygen atoms in total. The van der Waals surface area contributed by atoms with E-state index in [4.69, 9.17) is 4.98 Å². The van der Waals surface area contributed by atoms with E-state index in [0.29, 0.717) is 6.04 Å². The maximum atomic E-state index is 4.69. The Morgan fingerprint density at radius 3 is 2.95 bits per heavy atom. The average molecular weight is 284 g/mol. The zero-order chi connectivity index (χ0) is 14.4. The Morgan fingerprint density at radius 1 is 1.19 bits per heavy atom. The lowest BCUT2D eigenvalue weighted by atomic mass is 9.77. The topological polar surface area (TPSA) is 33.1 Å². The Kier molecular flexibility index (Phi) is 3.14. The predicted octanol–water partition coefficient (Wildman–Crippen LogP) is 3.50.